The van der Waals surface area contributed by atoms with Crippen LogP contribution in [0.4, 0.5) is 4.39 Å². The number of hydrogen-bond donors (Lipinski definition) is 2. The molecule has 1 aromatic heterocycles. The van der Waals surface area contributed by atoms with Gasteiger partial charge < -0.3 is 15.4 Å². The van der Waals surface area contributed by atoms with Crippen LogP contribution in [-0.4, -0.2) is 35.9 Å². The molecule has 2 aromatic rings. The molecule has 0 aliphatic heterocycles. The summed E-state index contributed by atoms with van der Waals surface area (Å²) >= 11 is 0. The first-order chi connectivity index (χ1) is 10.7. The predicted octanol–water partition coefficient (Wildman–Crippen LogP) is 1.30. The van der Waals surface area contributed by atoms with Gasteiger partial charge in [-0.15, -0.1) is 0 Å². The molecule has 0 atom stereocenters. The molecule has 0 saturated carbocycles. The van der Waals surface area contributed by atoms with Gasteiger partial charge in [0.2, 0.25) is 0 Å². The number of rotatable bonds is 6. The Bertz CT molecular complexity index is 626. The Balaban J connectivity index is 1.69. The standard InChI is InChI=1S/C15H20FN5O/c1-17-15(19-11-13-6-7-20-21(13)2)18-8-9-22-14-5-3-4-12(16)10-14/h3-7,10H,8-9,11H2,1-2H3,(H2,17,18,19). The second-order valence-electron chi connectivity index (χ2n) is 4.60. The first-order valence-electron chi connectivity index (χ1n) is 6.99. The fourth-order valence-corrected chi connectivity index (χ4v) is 1.86. The zero-order valence-electron chi connectivity index (χ0n) is 12.7. The summed E-state index contributed by atoms with van der Waals surface area (Å²) < 4.78 is 20.2. The van der Waals surface area contributed by atoms with Crippen molar-refractivity contribution in [2.24, 2.45) is 12.0 Å². The monoisotopic (exact) mass is 305 g/mol. The lowest BCUT2D eigenvalue weighted by molar-refractivity contribution is 0.320. The number of nitrogens with one attached hydrogen (secondary N) is 2. The second-order valence-corrected chi connectivity index (χ2v) is 4.60. The predicted molar refractivity (Wildman–Crippen MR) is 83.3 cm³/mol. The van der Waals surface area contributed by atoms with Crippen molar-refractivity contribution in [2.45, 2.75) is 6.54 Å². The molecule has 7 heteroatoms. The third kappa shape index (κ3) is 4.76. The molecule has 2 N–H and O–H groups in total. The Labute approximate surface area is 129 Å². The number of hydrogen-bond acceptors (Lipinski definition) is 3. The Kier molecular flexibility index (Phi) is 5.76. The number of guanidine groups is 1. The van der Waals surface area contributed by atoms with E-state index < -0.39 is 0 Å². The van der Waals surface area contributed by atoms with Crippen LogP contribution in [0.25, 0.3) is 0 Å². The minimum absolute atomic E-state index is 0.306. The molecule has 0 aliphatic carbocycles. The SMILES string of the molecule is CN=C(NCCOc1cccc(F)c1)NCc1ccnn1C. The van der Waals surface area contributed by atoms with Gasteiger partial charge in [-0.2, -0.15) is 5.10 Å². The molecule has 0 unspecified atom stereocenters. The Morgan fingerprint density at radius 1 is 1.36 bits per heavy atom. The number of nitrogens with zero attached hydrogens (tertiary/aromatic N) is 3. The highest BCUT2D eigenvalue weighted by atomic mass is 19.1. The highest BCUT2D eigenvalue weighted by Crippen LogP contribution is 2.11. The van der Waals surface area contributed by atoms with E-state index in [-0.39, 0.29) is 5.82 Å². The van der Waals surface area contributed by atoms with E-state index in [1.54, 1.807) is 30.1 Å². The minimum Gasteiger partial charge on any atom is -0.492 e. The van der Waals surface area contributed by atoms with Gasteiger partial charge in [0.1, 0.15) is 18.2 Å². The number of benzene rings is 1. The van der Waals surface area contributed by atoms with Crippen LogP contribution in [0, 0.1) is 5.82 Å². The average molecular weight is 305 g/mol. The summed E-state index contributed by atoms with van der Waals surface area (Å²) in [6.45, 7) is 1.60. The van der Waals surface area contributed by atoms with Crippen molar-refractivity contribution in [3.63, 3.8) is 0 Å². The second kappa shape index (κ2) is 8.02. The molecular formula is C15H20FN5O. The van der Waals surface area contributed by atoms with E-state index in [1.807, 2.05) is 13.1 Å². The Morgan fingerprint density at radius 2 is 2.23 bits per heavy atom. The van der Waals surface area contributed by atoms with E-state index in [0.717, 1.165) is 5.69 Å². The number of aliphatic imine (C=N–C) groups is 1. The molecule has 1 aromatic carbocycles. The van der Waals surface area contributed by atoms with E-state index in [0.29, 0.717) is 31.4 Å². The lowest BCUT2D eigenvalue weighted by atomic mass is 10.3. The van der Waals surface area contributed by atoms with Crippen LogP contribution in [0.15, 0.2) is 41.5 Å². The third-order valence-corrected chi connectivity index (χ3v) is 3.04. The minimum atomic E-state index is -0.306. The van der Waals surface area contributed by atoms with Crippen molar-refractivity contribution < 1.29 is 9.13 Å². The summed E-state index contributed by atoms with van der Waals surface area (Å²) in [5.41, 5.74) is 1.05. The third-order valence-electron chi connectivity index (χ3n) is 3.04. The highest BCUT2D eigenvalue weighted by Gasteiger charge is 2.01. The normalized spacial score (nSPS) is 11.3. The summed E-state index contributed by atoms with van der Waals surface area (Å²) in [6.07, 6.45) is 1.75. The van der Waals surface area contributed by atoms with Crippen LogP contribution in [0.5, 0.6) is 5.75 Å². The lowest BCUT2D eigenvalue weighted by Gasteiger charge is -2.12. The van der Waals surface area contributed by atoms with E-state index in [4.69, 9.17) is 4.74 Å². The van der Waals surface area contributed by atoms with Crippen molar-refractivity contribution >= 4 is 5.96 Å². The van der Waals surface area contributed by atoms with Gasteiger partial charge in [-0.05, 0) is 18.2 Å². The van der Waals surface area contributed by atoms with Crippen molar-refractivity contribution in [1.82, 2.24) is 20.4 Å². The number of halogens is 1. The van der Waals surface area contributed by atoms with Gasteiger partial charge in [0.05, 0.1) is 18.8 Å². The van der Waals surface area contributed by atoms with Gasteiger partial charge >= 0.3 is 0 Å². The summed E-state index contributed by atoms with van der Waals surface area (Å²) in [5, 5.41) is 10.4. The molecule has 6 nitrogen and oxygen atoms in total. The molecule has 22 heavy (non-hydrogen) atoms. The van der Waals surface area contributed by atoms with Crippen molar-refractivity contribution in [2.75, 3.05) is 20.2 Å². The molecule has 0 bridgehead atoms. The number of aryl methyl sites for hydroxylation is 1. The highest BCUT2D eigenvalue weighted by molar-refractivity contribution is 5.79. The molecule has 0 radical (unpaired) electrons. The van der Waals surface area contributed by atoms with E-state index in [9.17, 15) is 4.39 Å². The first-order valence-corrected chi connectivity index (χ1v) is 6.99. The molecular weight excluding hydrogens is 285 g/mol. The van der Waals surface area contributed by atoms with Crippen molar-refractivity contribution in [3.05, 3.63) is 48.0 Å². The van der Waals surface area contributed by atoms with Gasteiger partial charge in [-0.25, -0.2) is 4.39 Å². The zero-order valence-corrected chi connectivity index (χ0v) is 12.7. The zero-order chi connectivity index (χ0) is 15.8. The maximum absolute atomic E-state index is 13.0. The fraction of sp³-hybridized carbons (Fsp3) is 0.333. The van der Waals surface area contributed by atoms with E-state index in [2.05, 4.69) is 20.7 Å². The molecule has 1 heterocycles. The van der Waals surface area contributed by atoms with E-state index >= 15 is 0 Å². The molecule has 2 rings (SSSR count). The van der Waals surface area contributed by atoms with Crippen molar-refractivity contribution in [3.8, 4) is 5.75 Å². The smallest absolute Gasteiger partial charge is 0.191 e. The summed E-state index contributed by atoms with van der Waals surface area (Å²) in [7, 11) is 3.59. The molecule has 118 valence electrons. The maximum atomic E-state index is 13.0. The summed E-state index contributed by atoms with van der Waals surface area (Å²) in [5.74, 6) is 0.878. The van der Waals surface area contributed by atoms with Crippen molar-refractivity contribution in [1.29, 1.82) is 0 Å². The van der Waals surface area contributed by atoms with Gasteiger partial charge in [-0.1, -0.05) is 6.07 Å². The van der Waals surface area contributed by atoms with Crippen LogP contribution in [0.3, 0.4) is 0 Å². The largest absolute Gasteiger partial charge is 0.492 e. The average Bonchev–Trinajstić information content (AvgIpc) is 2.92. The van der Waals surface area contributed by atoms with Crippen LogP contribution in [-0.2, 0) is 13.6 Å². The molecule has 0 spiro atoms. The first kappa shape index (κ1) is 15.8. The maximum Gasteiger partial charge on any atom is 0.191 e. The van der Waals surface area contributed by atoms with Gasteiger partial charge in [0.15, 0.2) is 5.96 Å². The molecule has 0 amide bonds. The lowest BCUT2D eigenvalue weighted by Crippen LogP contribution is -2.39. The van der Waals surface area contributed by atoms with E-state index in [1.165, 1.54) is 12.1 Å². The summed E-state index contributed by atoms with van der Waals surface area (Å²) in [4.78, 5) is 4.13. The fourth-order valence-electron chi connectivity index (χ4n) is 1.86. The van der Waals surface area contributed by atoms with Gasteiger partial charge in [0.25, 0.3) is 0 Å². The molecule has 0 aliphatic rings. The van der Waals surface area contributed by atoms with Gasteiger partial charge in [0, 0.05) is 26.4 Å². The van der Waals surface area contributed by atoms with Crippen LogP contribution < -0.4 is 15.4 Å². The number of aromatic nitrogens is 2. The number of ether oxygens (including phenoxy) is 1. The Hall–Kier alpha value is -2.57. The molecule has 0 saturated heterocycles. The van der Waals surface area contributed by atoms with Crippen LogP contribution in [0.1, 0.15) is 5.69 Å². The van der Waals surface area contributed by atoms with Crippen LogP contribution in [0.2, 0.25) is 0 Å². The molecule has 0 fully saturated rings. The van der Waals surface area contributed by atoms with Gasteiger partial charge in [-0.3, -0.25) is 9.67 Å². The topological polar surface area (TPSA) is 63.5 Å². The van der Waals surface area contributed by atoms with Crippen LogP contribution >= 0.6 is 0 Å². The summed E-state index contributed by atoms with van der Waals surface area (Å²) in [6, 6.07) is 8.02. The quantitative estimate of drug-likeness (QED) is 0.480. The Morgan fingerprint density at radius 3 is 2.91 bits per heavy atom.